The van der Waals surface area contributed by atoms with Crippen LogP contribution in [0, 0.1) is 0 Å². The molecule has 0 saturated carbocycles. The van der Waals surface area contributed by atoms with Gasteiger partial charge in [0.1, 0.15) is 11.8 Å². The number of hydrogen-bond acceptors (Lipinski definition) is 5. The lowest BCUT2D eigenvalue weighted by Crippen LogP contribution is -2.41. The van der Waals surface area contributed by atoms with Crippen LogP contribution in [0.15, 0.2) is 91.0 Å². The zero-order chi connectivity index (χ0) is 26.2. The topological polar surface area (TPSA) is 80.7 Å². The molecule has 0 saturated heterocycles. The molecule has 3 aromatic carbocycles. The van der Waals surface area contributed by atoms with Crippen LogP contribution in [0.4, 0.5) is 0 Å². The normalized spacial score (nSPS) is 14.5. The van der Waals surface area contributed by atoms with Crippen LogP contribution in [0.2, 0.25) is 0 Å². The molecule has 0 radical (unpaired) electrons. The van der Waals surface area contributed by atoms with Crippen LogP contribution in [0.3, 0.4) is 0 Å². The van der Waals surface area contributed by atoms with E-state index in [0.29, 0.717) is 32.1 Å². The van der Waals surface area contributed by atoms with Crippen molar-refractivity contribution in [3.8, 4) is 34.0 Å². The van der Waals surface area contributed by atoms with Crippen LogP contribution in [-0.4, -0.2) is 35.3 Å². The number of pyridine rings is 1. The SMILES string of the molecule is O=C(O)C1Cc2ccc(OCCCCCOc3cc(-c4ccccc4)cc(-c4ccccc4)n3)cc2CN1. The summed E-state index contributed by atoms with van der Waals surface area (Å²) in [7, 11) is 0. The smallest absolute Gasteiger partial charge is 0.321 e. The van der Waals surface area contributed by atoms with Crippen molar-refractivity contribution in [1.82, 2.24) is 10.3 Å². The average molecular weight is 509 g/mol. The number of rotatable bonds is 11. The van der Waals surface area contributed by atoms with E-state index in [4.69, 9.17) is 14.5 Å². The van der Waals surface area contributed by atoms with Crippen LogP contribution >= 0.6 is 0 Å². The van der Waals surface area contributed by atoms with Gasteiger partial charge in [-0.05, 0) is 66.1 Å². The molecule has 0 bridgehead atoms. The van der Waals surface area contributed by atoms with Crippen molar-refractivity contribution in [3.63, 3.8) is 0 Å². The first-order valence-electron chi connectivity index (χ1n) is 13.1. The maximum absolute atomic E-state index is 11.2. The minimum Gasteiger partial charge on any atom is -0.494 e. The number of fused-ring (bicyclic) bond motifs is 1. The Bertz CT molecular complexity index is 1300. The summed E-state index contributed by atoms with van der Waals surface area (Å²) in [4.78, 5) is 16.0. The average Bonchev–Trinajstić information content (AvgIpc) is 2.97. The number of carboxylic acids is 1. The number of aliphatic carboxylic acids is 1. The van der Waals surface area contributed by atoms with Crippen LogP contribution < -0.4 is 14.8 Å². The summed E-state index contributed by atoms with van der Waals surface area (Å²) in [6.07, 6.45) is 3.32. The largest absolute Gasteiger partial charge is 0.494 e. The van der Waals surface area contributed by atoms with E-state index in [9.17, 15) is 9.90 Å². The molecule has 6 heteroatoms. The quantitative estimate of drug-likeness (QED) is 0.237. The van der Waals surface area contributed by atoms with Gasteiger partial charge in [-0.15, -0.1) is 0 Å². The number of hydrogen-bond donors (Lipinski definition) is 2. The van der Waals surface area contributed by atoms with E-state index in [1.165, 1.54) is 0 Å². The first kappa shape index (κ1) is 25.5. The van der Waals surface area contributed by atoms with Crippen molar-refractivity contribution in [2.45, 2.75) is 38.3 Å². The molecule has 0 amide bonds. The third kappa shape index (κ3) is 6.58. The van der Waals surface area contributed by atoms with Crippen LogP contribution in [0.5, 0.6) is 11.6 Å². The molecular weight excluding hydrogens is 476 g/mol. The van der Waals surface area contributed by atoms with Crippen molar-refractivity contribution in [1.29, 1.82) is 0 Å². The molecule has 1 aliphatic rings. The summed E-state index contributed by atoms with van der Waals surface area (Å²) < 4.78 is 12.0. The second-order valence-corrected chi connectivity index (χ2v) is 9.48. The molecule has 1 unspecified atom stereocenters. The van der Waals surface area contributed by atoms with E-state index in [1.807, 2.05) is 60.7 Å². The number of aromatic nitrogens is 1. The van der Waals surface area contributed by atoms with E-state index in [1.54, 1.807) is 0 Å². The van der Waals surface area contributed by atoms with Crippen molar-refractivity contribution in [3.05, 3.63) is 102 Å². The Kier molecular flexibility index (Phi) is 8.31. The predicted molar refractivity (Wildman–Crippen MR) is 148 cm³/mol. The molecule has 6 nitrogen and oxygen atoms in total. The minimum absolute atomic E-state index is 0.501. The Morgan fingerprint density at radius 2 is 1.50 bits per heavy atom. The van der Waals surface area contributed by atoms with Gasteiger partial charge in [-0.2, -0.15) is 0 Å². The molecule has 194 valence electrons. The van der Waals surface area contributed by atoms with Gasteiger partial charge in [0.05, 0.1) is 18.9 Å². The monoisotopic (exact) mass is 508 g/mol. The first-order valence-corrected chi connectivity index (χ1v) is 13.1. The molecule has 38 heavy (non-hydrogen) atoms. The lowest BCUT2D eigenvalue weighted by atomic mass is 9.96. The second kappa shape index (κ2) is 12.4. The van der Waals surface area contributed by atoms with Gasteiger partial charge in [-0.1, -0.05) is 66.7 Å². The molecule has 0 fully saturated rings. The number of unbranched alkanes of at least 4 members (excludes halogenated alkanes) is 2. The van der Waals surface area contributed by atoms with Gasteiger partial charge in [0.25, 0.3) is 0 Å². The lowest BCUT2D eigenvalue weighted by Gasteiger charge is -2.23. The number of carbonyl (C=O) groups is 1. The van der Waals surface area contributed by atoms with Crippen molar-refractivity contribution >= 4 is 5.97 Å². The zero-order valence-electron chi connectivity index (χ0n) is 21.3. The number of nitrogens with one attached hydrogen (secondary N) is 1. The Hall–Kier alpha value is -4.16. The van der Waals surface area contributed by atoms with Crippen molar-refractivity contribution < 1.29 is 19.4 Å². The molecule has 0 aliphatic carbocycles. The van der Waals surface area contributed by atoms with E-state index in [0.717, 1.165) is 58.5 Å². The number of nitrogens with zero attached hydrogens (tertiary/aromatic N) is 1. The Balaban J connectivity index is 1.10. The summed E-state index contributed by atoms with van der Waals surface area (Å²) in [5.74, 6) is 0.650. The number of benzene rings is 3. The van der Waals surface area contributed by atoms with Crippen LogP contribution in [0.25, 0.3) is 22.4 Å². The fourth-order valence-corrected chi connectivity index (χ4v) is 4.64. The minimum atomic E-state index is -0.809. The van der Waals surface area contributed by atoms with Crippen molar-refractivity contribution in [2.75, 3.05) is 13.2 Å². The number of carboxylic acid groups (broad SMARTS) is 1. The van der Waals surface area contributed by atoms with Gasteiger partial charge in [-0.25, -0.2) is 4.98 Å². The first-order chi connectivity index (χ1) is 18.7. The van der Waals surface area contributed by atoms with Crippen molar-refractivity contribution in [2.24, 2.45) is 0 Å². The molecule has 1 aliphatic heterocycles. The highest BCUT2D eigenvalue weighted by Crippen LogP contribution is 2.29. The van der Waals surface area contributed by atoms with Gasteiger partial charge < -0.3 is 19.9 Å². The van der Waals surface area contributed by atoms with Crippen LogP contribution in [-0.2, 0) is 17.8 Å². The summed E-state index contributed by atoms with van der Waals surface area (Å²) in [5.41, 5.74) is 6.35. The highest BCUT2D eigenvalue weighted by molar-refractivity contribution is 5.74. The van der Waals surface area contributed by atoms with Gasteiger partial charge in [0, 0.05) is 18.2 Å². The molecule has 2 heterocycles. The van der Waals surface area contributed by atoms with E-state index in [2.05, 4.69) is 35.6 Å². The molecule has 5 rings (SSSR count). The summed E-state index contributed by atoms with van der Waals surface area (Å²) in [6.45, 7) is 1.77. The molecule has 2 N–H and O–H groups in total. The third-order valence-corrected chi connectivity index (χ3v) is 6.72. The Labute approximate surface area is 223 Å². The maximum atomic E-state index is 11.2. The highest BCUT2D eigenvalue weighted by Gasteiger charge is 2.23. The highest BCUT2D eigenvalue weighted by atomic mass is 16.5. The molecule has 1 aromatic heterocycles. The van der Waals surface area contributed by atoms with Gasteiger partial charge in [0.15, 0.2) is 0 Å². The Morgan fingerprint density at radius 1 is 0.789 bits per heavy atom. The lowest BCUT2D eigenvalue weighted by molar-refractivity contribution is -0.139. The summed E-state index contributed by atoms with van der Waals surface area (Å²) in [5, 5.41) is 12.3. The molecular formula is C32H32N2O4. The molecule has 1 atom stereocenters. The second-order valence-electron chi connectivity index (χ2n) is 9.48. The number of ether oxygens (including phenoxy) is 2. The van der Waals surface area contributed by atoms with Crippen LogP contribution in [0.1, 0.15) is 30.4 Å². The zero-order valence-corrected chi connectivity index (χ0v) is 21.3. The van der Waals surface area contributed by atoms with E-state index >= 15 is 0 Å². The van der Waals surface area contributed by atoms with Gasteiger partial charge in [-0.3, -0.25) is 4.79 Å². The standard InChI is InChI=1S/C32H32N2O4/c35-32(36)30-19-25-14-15-28(18-27(25)22-33-30)37-16-8-3-9-17-38-31-21-26(23-10-4-1-5-11-23)20-29(34-31)24-12-6-2-7-13-24/h1-2,4-7,10-15,18,20-21,30,33H,3,8-9,16-17,19,22H2,(H,35,36). The fraction of sp³-hybridized carbons (Fsp3) is 0.250. The summed E-state index contributed by atoms with van der Waals surface area (Å²) in [6, 6.07) is 30.0. The molecule has 4 aromatic rings. The molecule has 0 spiro atoms. The predicted octanol–water partition coefficient (Wildman–Crippen LogP) is 6.14. The van der Waals surface area contributed by atoms with Gasteiger partial charge in [0.2, 0.25) is 5.88 Å². The fourth-order valence-electron chi connectivity index (χ4n) is 4.64. The Morgan fingerprint density at radius 3 is 2.24 bits per heavy atom. The van der Waals surface area contributed by atoms with E-state index in [-0.39, 0.29) is 0 Å². The maximum Gasteiger partial charge on any atom is 0.321 e. The van der Waals surface area contributed by atoms with E-state index < -0.39 is 12.0 Å². The third-order valence-electron chi connectivity index (χ3n) is 6.72. The van der Waals surface area contributed by atoms with Gasteiger partial charge >= 0.3 is 5.97 Å². The summed E-state index contributed by atoms with van der Waals surface area (Å²) >= 11 is 0.